The molecule has 67 valence electrons. The van der Waals surface area contributed by atoms with E-state index in [1.807, 2.05) is 0 Å². The van der Waals surface area contributed by atoms with Crippen LogP contribution in [0.1, 0.15) is 19.3 Å². The van der Waals surface area contributed by atoms with Gasteiger partial charge in [-0.3, -0.25) is 4.57 Å². The van der Waals surface area contributed by atoms with Crippen molar-refractivity contribution in [3.63, 3.8) is 0 Å². The van der Waals surface area contributed by atoms with E-state index in [4.69, 9.17) is 9.05 Å². The van der Waals surface area contributed by atoms with Gasteiger partial charge in [-0.1, -0.05) is 19.8 Å². The third-order valence-corrected chi connectivity index (χ3v) is 3.46. The van der Waals surface area contributed by atoms with E-state index >= 15 is 0 Å². The van der Waals surface area contributed by atoms with Gasteiger partial charge in [0, 0.05) is 14.2 Å². The summed E-state index contributed by atoms with van der Waals surface area (Å²) in [6.45, 7) is 3.69. The second kappa shape index (κ2) is 5.76. The summed E-state index contributed by atoms with van der Waals surface area (Å²) in [4.78, 5) is 0. The first-order valence-corrected chi connectivity index (χ1v) is 5.41. The van der Waals surface area contributed by atoms with E-state index in [-0.39, 0.29) is 0 Å². The second-order valence-electron chi connectivity index (χ2n) is 2.26. The minimum Gasteiger partial charge on any atom is -0.312 e. The predicted octanol–water partition coefficient (Wildman–Crippen LogP) is 2.48. The Morgan fingerprint density at radius 2 is 1.82 bits per heavy atom. The van der Waals surface area contributed by atoms with Crippen LogP contribution in [0.2, 0.25) is 0 Å². The lowest BCUT2D eigenvalue weighted by Crippen LogP contribution is -1.94. The summed E-state index contributed by atoms with van der Waals surface area (Å²) in [5.74, 6) is 0. The zero-order valence-electron chi connectivity index (χ0n) is 7.21. The Morgan fingerprint density at radius 3 is 2.18 bits per heavy atom. The first-order chi connectivity index (χ1) is 5.18. The summed E-state index contributed by atoms with van der Waals surface area (Å²) in [6, 6.07) is 0. The average molecular weight is 179 g/mol. The Kier molecular flexibility index (Phi) is 5.83. The highest BCUT2D eigenvalue weighted by Gasteiger charge is 2.19. The summed E-state index contributed by atoms with van der Waals surface area (Å²) in [6.07, 6.45) is 3.18. The Labute approximate surface area is 68.6 Å². The van der Waals surface area contributed by atoms with Gasteiger partial charge in [-0.25, -0.2) is 0 Å². The first kappa shape index (κ1) is 11.2. The Hall–Kier alpha value is 0.150. The molecule has 0 N–H and O–H groups in total. The second-order valence-corrected chi connectivity index (χ2v) is 4.66. The number of hydrogen-bond acceptors (Lipinski definition) is 3. The van der Waals surface area contributed by atoms with Crippen LogP contribution in [0.3, 0.4) is 0 Å². The zero-order valence-corrected chi connectivity index (χ0v) is 8.10. The topological polar surface area (TPSA) is 35.5 Å². The molecule has 0 aromatic rings. The fourth-order valence-corrected chi connectivity index (χ4v) is 1.86. The van der Waals surface area contributed by atoms with Gasteiger partial charge in [-0.15, -0.1) is 0 Å². The molecule has 0 aromatic carbocycles. The summed E-state index contributed by atoms with van der Waals surface area (Å²) in [5, 5.41) is 0. The molecule has 0 heterocycles. The Balaban J connectivity index is 3.61. The summed E-state index contributed by atoms with van der Waals surface area (Å²) >= 11 is 0. The van der Waals surface area contributed by atoms with Crippen LogP contribution in [0, 0.1) is 6.92 Å². The van der Waals surface area contributed by atoms with Crippen LogP contribution in [0.25, 0.3) is 0 Å². The molecule has 0 atom stereocenters. The number of unbranched alkanes of at least 4 members (excludes halogenated alkanes) is 2. The monoisotopic (exact) mass is 179 g/mol. The maximum absolute atomic E-state index is 11.4. The van der Waals surface area contributed by atoms with Gasteiger partial charge < -0.3 is 9.05 Å². The molecular weight excluding hydrogens is 163 g/mol. The van der Waals surface area contributed by atoms with Crippen molar-refractivity contribution in [2.75, 3.05) is 20.4 Å². The molecule has 0 aliphatic carbocycles. The molecule has 0 spiro atoms. The fourth-order valence-electron chi connectivity index (χ4n) is 0.739. The van der Waals surface area contributed by atoms with Gasteiger partial charge in [0.05, 0.1) is 6.16 Å². The van der Waals surface area contributed by atoms with Crippen LogP contribution < -0.4 is 0 Å². The summed E-state index contributed by atoms with van der Waals surface area (Å²) in [7, 11) is 0.0837. The highest BCUT2D eigenvalue weighted by Crippen LogP contribution is 2.46. The fraction of sp³-hybridized carbons (Fsp3) is 0.857. The van der Waals surface area contributed by atoms with Gasteiger partial charge in [0.1, 0.15) is 0 Å². The van der Waals surface area contributed by atoms with E-state index in [2.05, 4.69) is 6.92 Å². The van der Waals surface area contributed by atoms with E-state index in [9.17, 15) is 4.57 Å². The van der Waals surface area contributed by atoms with Crippen LogP contribution in [-0.4, -0.2) is 20.4 Å². The van der Waals surface area contributed by atoms with Crippen molar-refractivity contribution in [3.05, 3.63) is 6.92 Å². The van der Waals surface area contributed by atoms with E-state index in [1.165, 1.54) is 14.2 Å². The number of rotatable bonds is 6. The molecule has 1 radical (unpaired) electrons. The Bertz CT molecular complexity index is 128. The van der Waals surface area contributed by atoms with Crippen molar-refractivity contribution in [2.45, 2.75) is 19.3 Å². The summed E-state index contributed by atoms with van der Waals surface area (Å²) in [5.41, 5.74) is 0. The molecule has 0 bridgehead atoms. The van der Waals surface area contributed by atoms with Crippen LogP contribution in [0.4, 0.5) is 0 Å². The molecule has 4 heteroatoms. The lowest BCUT2D eigenvalue weighted by molar-refractivity contribution is 0.275. The highest BCUT2D eigenvalue weighted by atomic mass is 31.2. The highest BCUT2D eigenvalue weighted by molar-refractivity contribution is 7.53. The third-order valence-electron chi connectivity index (χ3n) is 1.49. The minimum atomic E-state index is -2.74. The van der Waals surface area contributed by atoms with E-state index in [0.717, 1.165) is 19.3 Å². The van der Waals surface area contributed by atoms with E-state index in [0.29, 0.717) is 6.16 Å². The molecule has 0 fully saturated rings. The lowest BCUT2D eigenvalue weighted by Gasteiger charge is -2.12. The van der Waals surface area contributed by atoms with Crippen LogP contribution in [0.15, 0.2) is 0 Å². The smallest absolute Gasteiger partial charge is 0.312 e. The zero-order chi connectivity index (χ0) is 8.74. The van der Waals surface area contributed by atoms with Crippen LogP contribution in [-0.2, 0) is 13.6 Å². The van der Waals surface area contributed by atoms with Crippen molar-refractivity contribution in [2.24, 2.45) is 0 Å². The predicted molar refractivity (Wildman–Crippen MR) is 45.7 cm³/mol. The molecule has 0 unspecified atom stereocenters. The Morgan fingerprint density at radius 1 is 1.27 bits per heavy atom. The molecule has 0 amide bonds. The molecule has 3 nitrogen and oxygen atoms in total. The molecule has 11 heavy (non-hydrogen) atoms. The van der Waals surface area contributed by atoms with Gasteiger partial charge in [0.25, 0.3) is 0 Å². The lowest BCUT2D eigenvalue weighted by atomic mass is 10.3. The van der Waals surface area contributed by atoms with Crippen molar-refractivity contribution < 1.29 is 13.6 Å². The largest absolute Gasteiger partial charge is 0.330 e. The normalized spacial score (nSPS) is 11.9. The van der Waals surface area contributed by atoms with Crippen molar-refractivity contribution >= 4 is 7.60 Å². The average Bonchev–Trinajstić information content (AvgIpc) is 2.05. The first-order valence-electron chi connectivity index (χ1n) is 3.68. The van der Waals surface area contributed by atoms with Crippen molar-refractivity contribution in [1.29, 1.82) is 0 Å². The quantitative estimate of drug-likeness (QED) is 0.464. The molecule has 0 rings (SSSR count). The van der Waals surface area contributed by atoms with Gasteiger partial charge in [-0.05, 0) is 6.42 Å². The standard InChI is InChI=1S/C7H16O3P/c1-4-5-6-7-11(8,9-2)10-3/h1,4-7H2,2-3H3. The third kappa shape index (κ3) is 4.57. The SMILES string of the molecule is [CH2]CCCCP(=O)(OC)OC. The molecule has 0 aliphatic heterocycles. The van der Waals surface area contributed by atoms with Gasteiger partial charge in [-0.2, -0.15) is 0 Å². The van der Waals surface area contributed by atoms with Gasteiger partial charge >= 0.3 is 7.60 Å². The van der Waals surface area contributed by atoms with Crippen molar-refractivity contribution in [3.8, 4) is 0 Å². The van der Waals surface area contributed by atoms with Crippen molar-refractivity contribution in [1.82, 2.24) is 0 Å². The van der Waals surface area contributed by atoms with Gasteiger partial charge in [0.2, 0.25) is 0 Å². The molecule has 0 saturated heterocycles. The minimum absolute atomic E-state index is 0.496. The van der Waals surface area contributed by atoms with Crippen LogP contribution in [0.5, 0.6) is 0 Å². The number of hydrogen-bond donors (Lipinski definition) is 0. The molecular formula is C7H16O3P. The molecule has 0 aromatic heterocycles. The molecule has 0 saturated carbocycles. The van der Waals surface area contributed by atoms with Crippen LogP contribution >= 0.6 is 7.60 Å². The maximum atomic E-state index is 11.4. The van der Waals surface area contributed by atoms with E-state index in [1.54, 1.807) is 0 Å². The van der Waals surface area contributed by atoms with E-state index < -0.39 is 7.60 Å². The maximum Gasteiger partial charge on any atom is 0.330 e. The van der Waals surface area contributed by atoms with Gasteiger partial charge in [0.15, 0.2) is 0 Å². The molecule has 0 aliphatic rings. The summed E-state index contributed by atoms with van der Waals surface area (Å²) < 4.78 is 20.9.